The second kappa shape index (κ2) is 8.28. The summed E-state index contributed by atoms with van der Waals surface area (Å²) in [6, 6.07) is 13.8. The molecule has 112 valence electrons. The van der Waals surface area contributed by atoms with Crippen LogP contribution in [0.4, 0.5) is 0 Å². The van der Waals surface area contributed by atoms with Gasteiger partial charge in [-0.2, -0.15) is 0 Å². The molecule has 0 saturated heterocycles. The summed E-state index contributed by atoms with van der Waals surface area (Å²) >= 11 is 12.0. The standard InChI is InChI=1S/C17H19Cl2NO/c1-2-10-20-11-13-6-8-14(9-7-13)12-21-16-5-3-4-15(18)17(16)19/h3-9,20H,2,10-12H2,1H3. The molecule has 2 aromatic rings. The van der Waals surface area contributed by atoms with Crippen molar-refractivity contribution in [3.63, 3.8) is 0 Å². The average Bonchev–Trinajstić information content (AvgIpc) is 2.50. The summed E-state index contributed by atoms with van der Waals surface area (Å²) < 4.78 is 5.71. The second-order valence-corrected chi connectivity index (χ2v) is 5.62. The van der Waals surface area contributed by atoms with Crippen LogP contribution in [0.3, 0.4) is 0 Å². The highest BCUT2D eigenvalue weighted by atomic mass is 35.5. The van der Waals surface area contributed by atoms with Crippen molar-refractivity contribution in [1.29, 1.82) is 0 Å². The Bertz CT molecular complexity index is 570. The zero-order valence-corrected chi connectivity index (χ0v) is 13.5. The Morgan fingerprint density at radius 1 is 1.00 bits per heavy atom. The van der Waals surface area contributed by atoms with Gasteiger partial charge in [-0.25, -0.2) is 0 Å². The van der Waals surface area contributed by atoms with Gasteiger partial charge in [0.25, 0.3) is 0 Å². The molecule has 0 unspecified atom stereocenters. The zero-order valence-electron chi connectivity index (χ0n) is 12.0. The van der Waals surface area contributed by atoms with Crippen LogP contribution in [0.25, 0.3) is 0 Å². The van der Waals surface area contributed by atoms with E-state index in [-0.39, 0.29) is 0 Å². The lowest BCUT2D eigenvalue weighted by molar-refractivity contribution is 0.306. The lowest BCUT2D eigenvalue weighted by atomic mass is 10.1. The SMILES string of the molecule is CCCNCc1ccc(COc2cccc(Cl)c2Cl)cc1. The first kappa shape index (κ1) is 16.2. The monoisotopic (exact) mass is 323 g/mol. The van der Waals surface area contributed by atoms with Crippen LogP contribution >= 0.6 is 23.2 Å². The number of benzene rings is 2. The van der Waals surface area contributed by atoms with Crippen molar-refractivity contribution in [2.75, 3.05) is 6.54 Å². The van der Waals surface area contributed by atoms with Crippen molar-refractivity contribution in [3.8, 4) is 5.75 Å². The Kier molecular flexibility index (Phi) is 6.37. The van der Waals surface area contributed by atoms with E-state index in [1.807, 2.05) is 12.1 Å². The molecule has 0 aliphatic rings. The number of ether oxygens (including phenoxy) is 1. The van der Waals surface area contributed by atoms with Crippen molar-refractivity contribution in [2.45, 2.75) is 26.5 Å². The fraction of sp³-hybridized carbons (Fsp3) is 0.294. The van der Waals surface area contributed by atoms with Gasteiger partial charge in [-0.3, -0.25) is 0 Å². The third-order valence-corrected chi connectivity index (χ3v) is 3.89. The molecule has 4 heteroatoms. The van der Waals surface area contributed by atoms with E-state index in [9.17, 15) is 0 Å². The van der Waals surface area contributed by atoms with Crippen LogP contribution in [-0.4, -0.2) is 6.54 Å². The molecule has 21 heavy (non-hydrogen) atoms. The molecular formula is C17H19Cl2NO. The summed E-state index contributed by atoms with van der Waals surface area (Å²) in [5, 5.41) is 4.34. The molecule has 2 aromatic carbocycles. The predicted octanol–water partition coefficient (Wildman–Crippen LogP) is 5.07. The van der Waals surface area contributed by atoms with Crippen LogP contribution in [0, 0.1) is 0 Å². The largest absolute Gasteiger partial charge is 0.487 e. The normalized spacial score (nSPS) is 10.6. The molecule has 2 rings (SSSR count). The van der Waals surface area contributed by atoms with E-state index in [4.69, 9.17) is 27.9 Å². The van der Waals surface area contributed by atoms with Crippen molar-refractivity contribution in [3.05, 3.63) is 63.6 Å². The first-order chi connectivity index (χ1) is 10.2. The number of halogens is 2. The van der Waals surface area contributed by atoms with E-state index < -0.39 is 0 Å². The summed E-state index contributed by atoms with van der Waals surface area (Å²) in [5.41, 5.74) is 2.37. The van der Waals surface area contributed by atoms with Crippen LogP contribution in [0.5, 0.6) is 5.75 Å². The molecule has 0 amide bonds. The van der Waals surface area contributed by atoms with Crippen LogP contribution in [0.1, 0.15) is 24.5 Å². The zero-order chi connectivity index (χ0) is 15.1. The predicted molar refractivity (Wildman–Crippen MR) is 89.2 cm³/mol. The smallest absolute Gasteiger partial charge is 0.139 e. The average molecular weight is 324 g/mol. The number of nitrogens with one attached hydrogen (secondary N) is 1. The molecule has 0 aliphatic carbocycles. The molecule has 0 aliphatic heterocycles. The Labute approximate surface area is 136 Å². The van der Waals surface area contributed by atoms with E-state index in [1.54, 1.807) is 6.07 Å². The Morgan fingerprint density at radius 2 is 1.71 bits per heavy atom. The Hall–Kier alpha value is -1.22. The first-order valence-electron chi connectivity index (χ1n) is 7.06. The van der Waals surface area contributed by atoms with Crippen LogP contribution in [0.2, 0.25) is 10.0 Å². The van der Waals surface area contributed by atoms with Crippen molar-refractivity contribution in [1.82, 2.24) is 5.32 Å². The Balaban J connectivity index is 1.90. The first-order valence-corrected chi connectivity index (χ1v) is 7.81. The van der Waals surface area contributed by atoms with Gasteiger partial charge in [0, 0.05) is 6.54 Å². The number of rotatable bonds is 7. The van der Waals surface area contributed by atoms with Gasteiger partial charge in [0.05, 0.1) is 5.02 Å². The van der Waals surface area contributed by atoms with Gasteiger partial charge in [-0.15, -0.1) is 0 Å². The maximum Gasteiger partial charge on any atom is 0.139 e. The number of hydrogen-bond donors (Lipinski definition) is 1. The van der Waals surface area contributed by atoms with E-state index in [2.05, 4.69) is 36.5 Å². The molecule has 2 nitrogen and oxygen atoms in total. The number of hydrogen-bond acceptors (Lipinski definition) is 2. The molecule has 0 atom stereocenters. The summed E-state index contributed by atoms with van der Waals surface area (Å²) in [4.78, 5) is 0. The summed E-state index contributed by atoms with van der Waals surface area (Å²) in [6.07, 6.45) is 1.15. The third-order valence-electron chi connectivity index (χ3n) is 3.09. The fourth-order valence-corrected chi connectivity index (χ4v) is 2.27. The van der Waals surface area contributed by atoms with E-state index in [1.165, 1.54) is 5.56 Å². The maximum atomic E-state index is 6.09. The maximum absolute atomic E-state index is 6.09. The topological polar surface area (TPSA) is 21.3 Å². The minimum absolute atomic E-state index is 0.458. The van der Waals surface area contributed by atoms with Crippen LogP contribution < -0.4 is 10.1 Å². The molecule has 0 spiro atoms. The van der Waals surface area contributed by atoms with Crippen molar-refractivity contribution in [2.24, 2.45) is 0 Å². The lowest BCUT2D eigenvalue weighted by Crippen LogP contribution is -2.13. The van der Waals surface area contributed by atoms with Crippen LogP contribution in [0.15, 0.2) is 42.5 Å². The molecule has 1 N–H and O–H groups in total. The van der Waals surface area contributed by atoms with Crippen LogP contribution in [-0.2, 0) is 13.2 Å². The summed E-state index contributed by atoms with van der Waals surface area (Å²) in [7, 11) is 0. The van der Waals surface area contributed by atoms with Gasteiger partial charge < -0.3 is 10.1 Å². The fourth-order valence-electron chi connectivity index (χ4n) is 1.92. The molecule has 0 heterocycles. The van der Waals surface area contributed by atoms with Gasteiger partial charge in [0.15, 0.2) is 0 Å². The summed E-state index contributed by atoms with van der Waals surface area (Å²) in [5.74, 6) is 0.609. The highest BCUT2D eigenvalue weighted by Gasteiger charge is 2.05. The molecule has 0 saturated carbocycles. The van der Waals surface area contributed by atoms with Gasteiger partial charge >= 0.3 is 0 Å². The van der Waals surface area contributed by atoms with Gasteiger partial charge in [-0.05, 0) is 36.2 Å². The highest BCUT2D eigenvalue weighted by molar-refractivity contribution is 6.42. The molecular weight excluding hydrogens is 305 g/mol. The minimum Gasteiger partial charge on any atom is -0.487 e. The van der Waals surface area contributed by atoms with E-state index in [0.29, 0.717) is 22.4 Å². The molecule has 0 bridgehead atoms. The summed E-state index contributed by atoms with van der Waals surface area (Å²) in [6.45, 7) is 4.57. The highest BCUT2D eigenvalue weighted by Crippen LogP contribution is 2.31. The molecule has 0 fully saturated rings. The van der Waals surface area contributed by atoms with Gasteiger partial charge in [0.1, 0.15) is 17.4 Å². The molecule has 0 aromatic heterocycles. The molecule has 0 radical (unpaired) electrons. The second-order valence-electron chi connectivity index (χ2n) is 4.83. The third kappa shape index (κ3) is 4.92. The van der Waals surface area contributed by atoms with E-state index >= 15 is 0 Å². The van der Waals surface area contributed by atoms with Crippen molar-refractivity contribution < 1.29 is 4.74 Å². The lowest BCUT2D eigenvalue weighted by Gasteiger charge is -2.09. The Morgan fingerprint density at radius 3 is 2.43 bits per heavy atom. The quantitative estimate of drug-likeness (QED) is 0.718. The van der Waals surface area contributed by atoms with Gasteiger partial charge in [0.2, 0.25) is 0 Å². The van der Waals surface area contributed by atoms with Gasteiger partial charge in [-0.1, -0.05) is 60.5 Å². The minimum atomic E-state index is 0.458. The van der Waals surface area contributed by atoms with E-state index in [0.717, 1.165) is 25.1 Å². The van der Waals surface area contributed by atoms with Crippen molar-refractivity contribution >= 4 is 23.2 Å².